The van der Waals surface area contributed by atoms with Crippen LogP contribution in [0.15, 0.2) is 0 Å². The lowest BCUT2D eigenvalue weighted by atomic mass is 9.85. The topological polar surface area (TPSA) is 411 Å². The number of amides is 6. The Balaban J connectivity index is 1.17. The first-order valence-corrected chi connectivity index (χ1v) is 27.2. The summed E-state index contributed by atoms with van der Waals surface area (Å²) in [6.07, 6.45) is 0.958. The number of nitrogens with one attached hydrogen (secondary N) is 8. The second-order valence-corrected chi connectivity index (χ2v) is 20.0. The summed E-state index contributed by atoms with van der Waals surface area (Å²) in [6, 6.07) is -5.96. The van der Waals surface area contributed by atoms with Crippen LogP contribution in [0.3, 0.4) is 0 Å². The lowest BCUT2D eigenvalue weighted by molar-refractivity contribution is -0.149. The molecule has 0 aromatic rings. The van der Waals surface area contributed by atoms with Crippen LogP contribution in [-0.4, -0.2) is 294 Å². The average Bonchev–Trinajstić information content (AvgIpc) is 4.11. The number of amidine groups is 1. The van der Waals surface area contributed by atoms with Crippen LogP contribution in [0.1, 0.15) is 51.9 Å². The van der Waals surface area contributed by atoms with E-state index in [1.54, 1.807) is 11.8 Å². The minimum Gasteiger partial charge on any atom is -0.481 e. The summed E-state index contributed by atoms with van der Waals surface area (Å²) >= 11 is 0. The number of nitrogens with zero attached hydrogens (tertiary/aromatic N) is 5. The fourth-order valence-electron chi connectivity index (χ4n) is 9.72. The number of hydrogen-bond donors (Lipinski definition) is 11. The maximum Gasteiger partial charge on any atom is 0.317 e. The highest BCUT2D eigenvalue weighted by molar-refractivity contribution is 5.98. The zero-order valence-electron chi connectivity index (χ0n) is 46.0. The van der Waals surface area contributed by atoms with Crippen molar-refractivity contribution in [2.24, 2.45) is 5.92 Å². The predicted molar refractivity (Wildman–Crippen MR) is 281 cm³/mol. The molecule has 0 aromatic heterocycles. The third kappa shape index (κ3) is 25.6. The highest BCUT2D eigenvalue weighted by Crippen LogP contribution is 2.35. The van der Waals surface area contributed by atoms with Crippen LogP contribution in [0.5, 0.6) is 0 Å². The van der Waals surface area contributed by atoms with Gasteiger partial charge in [0.1, 0.15) is 44.2 Å². The van der Waals surface area contributed by atoms with Crippen molar-refractivity contribution in [3.05, 3.63) is 0 Å². The summed E-state index contributed by atoms with van der Waals surface area (Å²) in [6.45, 7) is 6.92. The van der Waals surface area contributed by atoms with Gasteiger partial charge in [-0.1, -0.05) is 0 Å². The molecule has 0 aliphatic carbocycles. The summed E-state index contributed by atoms with van der Waals surface area (Å²) in [4.78, 5) is 135. The number of carboxylic acids is 2. The van der Waals surface area contributed by atoms with Gasteiger partial charge in [0.05, 0.1) is 65.0 Å². The van der Waals surface area contributed by atoms with Crippen molar-refractivity contribution in [2.75, 3.05) is 151 Å². The van der Waals surface area contributed by atoms with Crippen LogP contribution < -0.4 is 37.4 Å². The molecule has 0 spiro atoms. The van der Waals surface area contributed by atoms with Gasteiger partial charge in [-0.2, -0.15) is 0 Å². The Hall–Kier alpha value is -6.23. The zero-order chi connectivity index (χ0) is 58.9. The summed E-state index contributed by atoms with van der Waals surface area (Å²) in [5, 5.41) is 52.3. The third-order valence-electron chi connectivity index (χ3n) is 13.9. The molecule has 4 saturated heterocycles. The average molecular weight is 1160 g/mol. The van der Waals surface area contributed by atoms with Crippen LogP contribution in [0, 0.1) is 11.3 Å². The Kier molecular flexibility index (Phi) is 31.3. The summed E-state index contributed by atoms with van der Waals surface area (Å²) in [5.74, 6) is -7.27. The van der Waals surface area contributed by atoms with Gasteiger partial charge in [-0.05, 0) is 45.4 Å². The van der Waals surface area contributed by atoms with Crippen molar-refractivity contribution >= 4 is 66.2 Å². The molecule has 0 saturated carbocycles. The smallest absolute Gasteiger partial charge is 0.317 e. The van der Waals surface area contributed by atoms with Crippen molar-refractivity contribution in [3.63, 3.8) is 0 Å². The number of carbonyl (C=O) groups is 10. The first kappa shape index (κ1) is 67.3. The van der Waals surface area contributed by atoms with Crippen LogP contribution in [0.2, 0.25) is 0 Å². The lowest BCUT2D eigenvalue weighted by Gasteiger charge is -2.42. The monoisotopic (exact) mass is 1160 g/mol. The van der Waals surface area contributed by atoms with Gasteiger partial charge in [0.15, 0.2) is 0 Å². The zero-order valence-corrected chi connectivity index (χ0v) is 46.0. The van der Waals surface area contributed by atoms with E-state index in [0.29, 0.717) is 104 Å². The molecule has 458 valence electrons. The highest BCUT2D eigenvalue weighted by atomic mass is 16.6. The minimum atomic E-state index is -1.64. The van der Waals surface area contributed by atoms with E-state index in [0.717, 1.165) is 0 Å². The Morgan fingerprint density at radius 1 is 0.716 bits per heavy atom. The van der Waals surface area contributed by atoms with E-state index < -0.39 is 103 Å². The molecular weight excluding hydrogens is 1070 g/mol. The van der Waals surface area contributed by atoms with Crippen molar-refractivity contribution in [1.29, 1.82) is 5.41 Å². The largest absolute Gasteiger partial charge is 0.481 e. The number of hydrogen-bond acceptors (Lipinski definition) is 23. The van der Waals surface area contributed by atoms with E-state index in [1.807, 2.05) is 9.80 Å². The molecule has 32 nitrogen and oxygen atoms in total. The standard InChI is InChI=1S/C49H83N13O19/c1-34(50)51-7-2-3-38-46(71)53-26-41(65)54-39(24-43(67)68)47(72)56-45-35(23-37-4-5-40(48(73)55-38)62(37)49(45)74)25-52-42(66)29-79-22-21-78-20-19-77-18-17-76-16-6-36(57-75)27-58-8-9-59(28-44(69)70)11-13-61(31-81-33-64)15-14-60(12-10-58)30-80-32-63/h32-33,35-40,45,57,75H,2-31H2,1H3,(H2,50,51)(H,52,66)(H,53,71)(H,54,65)(H,55,73)(H,56,72)(H,67,68)(H,69,70)/t35-,36?,37-,38-,39-,40-,45+/m0/s1. The second-order valence-electron chi connectivity index (χ2n) is 20.0. The van der Waals surface area contributed by atoms with Gasteiger partial charge in [-0.3, -0.25) is 73.0 Å². The maximum atomic E-state index is 14.3. The summed E-state index contributed by atoms with van der Waals surface area (Å²) in [5.41, 5.74) is 2.35. The van der Waals surface area contributed by atoms with Crippen LogP contribution in [0.25, 0.3) is 0 Å². The first-order valence-electron chi connectivity index (χ1n) is 27.2. The van der Waals surface area contributed by atoms with Crippen molar-refractivity contribution in [2.45, 2.75) is 88.1 Å². The summed E-state index contributed by atoms with van der Waals surface area (Å²) in [7, 11) is 0. The number of carbonyl (C=O) groups excluding carboxylic acids is 8. The maximum absolute atomic E-state index is 14.3. The molecule has 4 aliphatic heterocycles. The number of ether oxygens (including phenoxy) is 6. The quantitative estimate of drug-likeness (QED) is 0.00959. The Morgan fingerprint density at radius 2 is 1.31 bits per heavy atom. The van der Waals surface area contributed by atoms with Crippen molar-refractivity contribution in [3.8, 4) is 0 Å². The number of hydroxylamine groups is 1. The van der Waals surface area contributed by atoms with Gasteiger partial charge < -0.3 is 80.6 Å². The number of fused-ring (bicyclic) bond motifs is 1. The normalized spacial score (nSPS) is 23.6. The molecule has 7 atom stereocenters. The summed E-state index contributed by atoms with van der Waals surface area (Å²) < 4.78 is 32.3. The van der Waals surface area contributed by atoms with Crippen LogP contribution in [0.4, 0.5) is 0 Å². The molecular formula is C49H83N13O19. The number of rotatable bonds is 33. The van der Waals surface area contributed by atoms with Crippen molar-refractivity contribution < 1.29 is 91.8 Å². The van der Waals surface area contributed by atoms with Gasteiger partial charge in [0, 0.05) is 96.6 Å². The fraction of sp³-hybridized carbons (Fsp3) is 0.776. The van der Waals surface area contributed by atoms with Crippen LogP contribution in [-0.2, 0) is 76.4 Å². The molecule has 32 heteroatoms. The number of piperidine rings is 1. The highest BCUT2D eigenvalue weighted by Gasteiger charge is 2.51. The molecule has 0 radical (unpaired) electrons. The third-order valence-corrected chi connectivity index (χ3v) is 13.9. The SMILES string of the molecule is CC(=N)NCCC[C@@H]1NC(=O)[C@@H]2CC[C@H]3C[C@@H](CNC(=O)COCCOCCOCCOCCC(CN4CCN(COC=O)CCN(COC=O)CCN(CC(=O)O)CC4)NO)[C@@H](NC(=O)[C@H](CC(=O)O)NC(=O)CNC1=O)C(=O)N32. The Bertz CT molecular complexity index is 2050. The fourth-order valence-corrected chi connectivity index (χ4v) is 9.72. The lowest BCUT2D eigenvalue weighted by Crippen LogP contribution is -2.65. The van der Waals surface area contributed by atoms with E-state index in [4.69, 9.17) is 33.8 Å². The molecule has 2 bridgehead atoms. The van der Waals surface area contributed by atoms with Gasteiger partial charge in [0.25, 0.3) is 12.9 Å². The van der Waals surface area contributed by atoms with Crippen molar-refractivity contribution in [1.82, 2.24) is 61.9 Å². The van der Waals surface area contributed by atoms with E-state index in [1.165, 1.54) is 4.90 Å². The minimum absolute atomic E-state index is 0.0317. The van der Waals surface area contributed by atoms with E-state index in [9.17, 15) is 63.4 Å². The van der Waals surface area contributed by atoms with E-state index in [-0.39, 0.29) is 97.9 Å². The molecule has 1 unspecified atom stereocenters. The van der Waals surface area contributed by atoms with Crippen LogP contribution >= 0.6 is 0 Å². The Morgan fingerprint density at radius 3 is 1.89 bits per heavy atom. The van der Waals surface area contributed by atoms with Gasteiger partial charge in [-0.15, -0.1) is 0 Å². The Labute approximate surface area is 469 Å². The van der Waals surface area contributed by atoms with Gasteiger partial charge >= 0.3 is 11.9 Å². The molecule has 6 amide bonds. The van der Waals surface area contributed by atoms with E-state index >= 15 is 0 Å². The molecule has 4 fully saturated rings. The molecule has 0 aromatic carbocycles. The molecule has 4 aliphatic rings. The first-order chi connectivity index (χ1) is 39.0. The molecule has 4 heterocycles. The predicted octanol–water partition coefficient (Wildman–Crippen LogP) is -5.72. The number of carboxylic acid groups (broad SMARTS) is 2. The number of aliphatic carboxylic acids is 2. The van der Waals surface area contributed by atoms with Gasteiger partial charge in [0.2, 0.25) is 35.4 Å². The molecule has 11 N–H and O–H groups in total. The molecule has 4 rings (SSSR count). The second kappa shape index (κ2) is 37.7. The van der Waals surface area contributed by atoms with Gasteiger partial charge in [-0.25, -0.2) is 5.48 Å². The van der Waals surface area contributed by atoms with E-state index in [2.05, 4.69) is 42.3 Å². The molecule has 81 heavy (non-hydrogen) atoms.